The maximum atomic E-state index is 10.3. The van der Waals surface area contributed by atoms with Gasteiger partial charge in [0.2, 0.25) is 0 Å². The van der Waals surface area contributed by atoms with Crippen molar-refractivity contribution in [1.29, 1.82) is 5.26 Å². The highest BCUT2D eigenvalue weighted by molar-refractivity contribution is 5.90. The van der Waals surface area contributed by atoms with Gasteiger partial charge >= 0.3 is 5.97 Å². The zero-order valence-electron chi connectivity index (χ0n) is 4.83. The molecule has 9 heavy (non-hydrogen) atoms. The van der Waals surface area contributed by atoms with Crippen LogP contribution in [0.4, 0.5) is 0 Å². The third-order valence-electron chi connectivity index (χ3n) is 0.730. The Bertz CT molecular complexity index is 158. The molecule has 4 heteroatoms. The van der Waals surface area contributed by atoms with Crippen LogP contribution in [0.15, 0.2) is 0 Å². The summed E-state index contributed by atoms with van der Waals surface area (Å²) in [4.78, 5) is 20.1. The molecule has 0 aliphatic heterocycles. The monoisotopic (exact) mass is 127 g/mol. The van der Waals surface area contributed by atoms with E-state index in [1.165, 1.54) is 6.07 Å². The summed E-state index contributed by atoms with van der Waals surface area (Å²) in [7, 11) is 1.12. The first-order chi connectivity index (χ1) is 4.26. The van der Waals surface area contributed by atoms with Crippen LogP contribution in [-0.2, 0) is 14.3 Å². The standard InChI is InChI=1S/C5H5NO3/c1-9-5(8)4(2-6)3-7/h3-4H,1H3. The van der Waals surface area contributed by atoms with Gasteiger partial charge in [-0.05, 0) is 0 Å². The van der Waals surface area contributed by atoms with E-state index in [0.29, 0.717) is 0 Å². The molecule has 0 aromatic heterocycles. The second-order valence-corrected chi connectivity index (χ2v) is 1.27. The minimum atomic E-state index is -1.27. The molecule has 0 aliphatic carbocycles. The number of aldehydes is 1. The van der Waals surface area contributed by atoms with E-state index in [0.717, 1.165) is 7.11 Å². The third-order valence-corrected chi connectivity index (χ3v) is 0.730. The molecule has 0 rings (SSSR count). The molecule has 0 fully saturated rings. The molecule has 1 atom stereocenters. The van der Waals surface area contributed by atoms with Crippen molar-refractivity contribution < 1.29 is 14.3 Å². The van der Waals surface area contributed by atoms with Crippen LogP contribution in [0.2, 0.25) is 0 Å². The first-order valence-electron chi connectivity index (χ1n) is 2.19. The van der Waals surface area contributed by atoms with E-state index in [1.807, 2.05) is 0 Å². The maximum Gasteiger partial charge on any atom is 0.330 e. The number of methoxy groups -OCH3 is 1. The zero-order valence-corrected chi connectivity index (χ0v) is 4.83. The SMILES string of the molecule is COC(=O)C(C#N)C=O. The second-order valence-electron chi connectivity index (χ2n) is 1.27. The smallest absolute Gasteiger partial charge is 0.330 e. The Labute approximate surface area is 52.0 Å². The van der Waals surface area contributed by atoms with Crippen LogP contribution in [-0.4, -0.2) is 19.4 Å². The van der Waals surface area contributed by atoms with Gasteiger partial charge in [0.05, 0.1) is 13.2 Å². The third kappa shape index (κ3) is 1.91. The highest BCUT2D eigenvalue weighted by atomic mass is 16.5. The molecule has 1 unspecified atom stereocenters. The average molecular weight is 127 g/mol. The predicted octanol–water partition coefficient (Wildman–Crippen LogP) is -0.502. The summed E-state index contributed by atoms with van der Waals surface area (Å²) in [6.45, 7) is 0. The van der Waals surface area contributed by atoms with Gasteiger partial charge in [-0.2, -0.15) is 5.26 Å². The number of hydrogen-bond acceptors (Lipinski definition) is 4. The molecule has 0 saturated heterocycles. The molecule has 0 saturated carbocycles. The molecule has 4 nitrogen and oxygen atoms in total. The number of nitrogens with zero attached hydrogens (tertiary/aromatic N) is 1. The molecular formula is C5H5NO3. The first-order valence-corrected chi connectivity index (χ1v) is 2.19. The Hall–Kier alpha value is -1.37. The van der Waals surface area contributed by atoms with Crippen molar-refractivity contribution in [2.24, 2.45) is 5.92 Å². The molecule has 0 aromatic carbocycles. The Balaban J connectivity index is 3.99. The van der Waals surface area contributed by atoms with Crippen molar-refractivity contribution in [2.75, 3.05) is 7.11 Å². The summed E-state index contributed by atoms with van der Waals surface area (Å²) in [6.07, 6.45) is 0.242. The highest BCUT2D eigenvalue weighted by Gasteiger charge is 2.15. The highest BCUT2D eigenvalue weighted by Crippen LogP contribution is 1.90. The van der Waals surface area contributed by atoms with E-state index in [1.54, 1.807) is 0 Å². The number of carbonyl (C=O) groups excluding carboxylic acids is 2. The van der Waals surface area contributed by atoms with Crippen LogP contribution < -0.4 is 0 Å². The maximum absolute atomic E-state index is 10.3. The normalized spacial score (nSPS) is 11.1. The van der Waals surface area contributed by atoms with E-state index in [-0.39, 0.29) is 6.29 Å². The molecule has 0 aromatic rings. The number of nitriles is 1. The zero-order chi connectivity index (χ0) is 7.28. The Morgan fingerprint density at radius 3 is 2.56 bits per heavy atom. The quantitative estimate of drug-likeness (QED) is 0.285. The molecule has 0 N–H and O–H groups in total. The van der Waals surface area contributed by atoms with Crippen LogP contribution in [0.3, 0.4) is 0 Å². The van der Waals surface area contributed by atoms with Crippen molar-refractivity contribution in [2.45, 2.75) is 0 Å². The number of ether oxygens (including phenoxy) is 1. The van der Waals surface area contributed by atoms with Crippen molar-refractivity contribution in [3.63, 3.8) is 0 Å². The molecular weight excluding hydrogens is 122 g/mol. The van der Waals surface area contributed by atoms with Gasteiger partial charge in [-0.1, -0.05) is 0 Å². The Morgan fingerprint density at radius 1 is 1.89 bits per heavy atom. The van der Waals surface area contributed by atoms with Gasteiger partial charge in [-0.15, -0.1) is 0 Å². The topological polar surface area (TPSA) is 67.2 Å². The molecule has 48 valence electrons. The molecule has 0 heterocycles. The lowest BCUT2D eigenvalue weighted by Crippen LogP contribution is -2.14. The number of hydrogen-bond donors (Lipinski definition) is 0. The van der Waals surface area contributed by atoms with E-state index in [9.17, 15) is 9.59 Å². The Morgan fingerprint density at radius 2 is 2.44 bits per heavy atom. The van der Waals surface area contributed by atoms with Gasteiger partial charge in [-0.3, -0.25) is 4.79 Å². The summed E-state index contributed by atoms with van der Waals surface area (Å²) in [5.74, 6) is -2.08. The lowest BCUT2D eigenvalue weighted by atomic mass is 10.2. The molecule has 0 spiro atoms. The molecule has 0 aliphatic rings. The first kappa shape index (κ1) is 7.63. The van der Waals surface area contributed by atoms with Gasteiger partial charge < -0.3 is 9.53 Å². The predicted molar refractivity (Wildman–Crippen MR) is 27.2 cm³/mol. The fraction of sp³-hybridized carbons (Fsp3) is 0.400. The molecule has 0 radical (unpaired) electrons. The summed E-state index contributed by atoms with van der Waals surface area (Å²) in [5, 5.41) is 8.05. The fourth-order valence-corrected chi connectivity index (χ4v) is 0.266. The minimum absolute atomic E-state index is 0.242. The van der Waals surface area contributed by atoms with E-state index in [4.69, 9.17) is 5.26 Å². The van der Waals surface area contributed by atoms with E-state index < -0.39 is 11.9 Å². The second kappa shape index (κ2) is 3.61. The largest absolute Gasteiger partial charge is 0.468 e. The summed E-state index contributed by atoms with van der Waals surface area (Å²) in [6, 6.07) is 1.46. The average Bonchev–Trinajstić information content (AvgIpc) is 1.90. The summed E-state index contributed by atoms with van der Waals surface area (Å²) in [5.41, 5.74) is 0. The van der Waals surface area contributed by atoms with E-state index in [2.05, 4.69) is 4.74 Å². The van der Waals surface area contributed by atoms with E-state index >= 15 is 0 Å². The van der Waals surface area contributed by atoms with Crippen molar-refractivity contribution in [3.05, 3.63) is 0 Å². The number of esters is 1. The number of carbonyl (C=O) groups is 2. The lowest BCUT2D eigenvalue weighted by molar-refractivity contribution is -0.144. The van der Waals surface area contributed by atoms with Crippen LogP contribution in [0.5, 0.6) is 0 Å². The van der Waals surface area contributed by atoms with Gasteiger partial charge in [0.15, 0.2) is 5.92 Å². The van der Waals surface area contributed by atoms with Crippen LogP contribution in [0.25, 0.3) is 0 Å². The van der Waals surface area contributed by atoms with Crippen molar-refractivity contribution in [1.82, 2.24) is 0 Å². The summed E-state index contributed by atoms with van der Waals surface area (Å²) < 4.78 is 4.10. The number of rotatable bonds is 2. The van der Waals surface area contributed by atoms with Crippen molar-refractivity contribution >= 4 is 12.3 Å². The van der Waals surface area contributed by atoms with Crippen molar-refractivity contribution in [3.8, 4) is 6.07 Å². The van der Waals surface area contributed by atoms with Gasteiger partial charge in [0, 0.05) is 0 Å². The lowest BCUT2D eigenvalue weighted by Gasteiger charge is -1.94. The molecule has 0 amide bonds. The minimum Gasteiger partial charge on any atom is -0.468 e. The molecule has 0 bridgehead atoms. The van der Waals surface area contributed by atoms with Gasteiger partial charge in [0.1, 0.15) is 6.29 Å². The van der Waals surface area contributed by atoms with Gasteiger partial charge in [-0.25, -0.2) is 0 Å². The summed E-state index contributed by atoms with van der Waals surface area (Å²) >= 11 is 0. The fourth-order valence-electron chi connectivity index (χ4n) is 0.266. The van der Waals surface area contributed by atoms with Gasteiger partial charge in [0.25, 0.3) is 0 Å². The van der Waals surface area contributed by atoms with Crippen LogP contribution in [0.1, 0.15) is 0 Å². The van der Waals surface area contributed by atoms with Crippen LogP contribution in [0, 0.1) is 17.2 Å². The van der Waals surface area contributed by atoms with Crippen LogP contribution >= 0.6 is 0 Å². The Kier molecular flexibility index (Phi) is 3.06.